The largest absolute Gasteiger partial charge is 0.480 e. The predicted octanol–water partition coefficient (Wildman–Crippen LogP) is -1.63. The first-order chi connectivity index (χ1) is 9.70. The van der Waals surface area contributed by atoms with Crippen LogP contribution in [-0.4, -0.2) is 38.9 Å². The highest BCUT2D eigenvalue weighted by molar-refractivity contribution is 5.88. The quantitative estimate of drug-likeness (QED) is 0.494. The van der Waals surface area contributed by atoms with Crippen LogP contribution in [-0.2, 0) is 20.8 Å². The van der Waals surface area contributed by atoms with Crippen LogP contribution >= 0.6 is 0 Å². The van der Waals surface area contributed by atoms with E-state index in [0.717, 1.165) is 0 Å². The Bertz CT molecular complexity index is 611. The van der Waals surface area contributed by atoms with Gasteiger partial charge in [0.25, 0.3) is 0 Å². The van der Waals surface area contributed by atoms with E-state index in [1.165, 1.54) is 0 Å². The molecule has 0 aliphatic heterocycles. The summed E-state index contributed by atoms with van der Waals surface area (Å²) in [5, 5.41) is 11.1. The second-order valence-corrected chi connectivity index (χ2v) is 4.54. The van der Waals surface area contributed by atoms with Gasteiger partial charge >= 0.3 is 11.7 Å². The molecular formula is C12H16N4O5. The molecule has 9 heteroatoms. The second-order valence-electron chi connectivity index (χ2n) is 4.54. The smallest absolute Gasteiger partial charge is 0.345 e. The molecule has 0 aliphatic carbocycles. The molecule has 114 valence electrons. The van der Waals surface area contributed by atoms with Crippen LogP contribution in [0.4, 0.5) is 0 Å². The van der Waals surface area contributed by atoms with Gasteiger partial charge in [-0.15, -0.1) is 0 Å². The lowest BCUT2D eigenvalue weighted by Gasteiger charge is -2.14. The molecule has 1 atom stereocenters. The third-order valence-electron chi connectivity index (χ3n) is 2.83. The summed E-state index contributed by atoms with van der Waals surface area (Å²) in [4.78, 5) is 50.8. The second kappa shape index (κ2) is 6.64. The standard InChI is InChI=1S/C12H16N4O5/c1-5-7(6(2)15-12(21)14-5)3-10(18)16-8(11(19)20)4-9(13)17/h8H,3-4H2,1-2H3,(H2,13,17)(H,16,18)(H,19,20)(H,14,15,21). The molecule has 0 fully saturated rings. The first-order valence-electron chi connectivity index (χ1n) is 6.07. The van der Waals surface area contributed by atoms with Crippen molar-refractivity contribution in [1.82, 2.24) is 15.3 Å². The van der Waals surface area contributed by atoms with Crippen LogP contribution in [0, 0.1) is 13.8 Å². The van der Waals surface area contributed by atoms with E-state index in [0.29, 0.717) is 17.0 Å². The number of nitrogens with zero attached hydrogens (tertiary/aromatic N) is 1. The van der Waals surface area contributed by atoms with E-state index in [1.807, 2.05) is 0 Å². The molecule has 9 nitrogen and oxygen atoms in total. The summed E-state index contributed by atoms with van der Waals surface area (Å²) in [6.07, 6.45) is -0.660. The molecule has 0 spiro atoms. The van der Waals surface area contributed by atoms with Gasteiger partial charge in [-0.3, -0.25) is 9.59 Å². The molecule has 21 heavy (non-hydrogen) atoms. The lowest BCUT2D eigenvalue weighted by atomic mass is 10.1. The summed E-state index contributed by atoms with van der Waals surface area (Å²) in [5.74, 6) is -2.79. The molecule has 1 rings (SSSR count). The molecule has 5 N–H and O–H groups in total. The highest BCUT2D eigenvalue weighted by atomic mass is 16.4. The van der Waals surface area contributed by atoms with Crippen molar-refractivity contribution >= 4 is 17.8 Å². The third-order valence-corrected chi connectivity index (χ3v) is 2.83. The lowest BCUT2D eigenvalue weighted by molar-refractivity contribution is -0.143. The minimum absolute atomic E-state index is 0.163. The molecule has 1 unspecified atom stereocenters. The maximum Gasteiger partial charge on any atom is 0.345 e. The SMILES string of the molecule is Cc1nc(=O)[nH]c(C)c1CC(=O)NC(CC(N)=O)C(=O)O. The van der Waals surface area contributed by atoms with E-state index in [1.54, 1.807) is 13.8 Å². The number of hydrogen-bond donors (Lipinski definition) is 4. The highest BCUT2D eigenvalue weighted by Crippen LogP contribution is 2.07. The van der Waals surface area contributed by atoms with Crippen molar-refractivity contribution in [3.8, 4) is 0 Å². The number of carboxylic acid groups (broad SMARTS) is 1. The minimum Gasteiger partial charge on any atom is -0.480 e. The number of hydrogen-bond acceptors (Lipinski definition) is 5. The van der Waals surface area contributed by atoms with Gasteiger partial charge in [0.1, 0.15) is 6.04 Å². The average molecular weight is 296 g/mol. The molecule has 0 saturated carbocycles. The number of carbonyl (C=O) groups excluding carboxylic acids is 2. The number of rotatable bonds is 6. The first kappa shape index (κ1) is 16.3. The van der Waals surface area contributed by atoms with Gasteiger partial charge in [-0.25, -0.2) is 9.59 Å². The normalized spacial score (nSPS) is 11.7. The molecule has 1 heterocycles. The first-order valence-corrected chi connectivity index (χ1v) is 6.07. The van der Waals surface area contributed by atoms with Crippen LogP contribution in [0.25, 0.3) is 0 Å². The molecule has 0 aliphatic rings. The number of aromatic amines is 1. The van der Waals surface area contributed by atoms with Gasteiger partial charge in [-0.1, -0.05) is 0 Å². The summed E-state index contributed by atoms with van der Waals surface area (Å²) in [7, 11) is 0. The number of primary amides is 1. The Hall–Kier alpha value is -2.71. The van der Waals surface area contributed by atoms with Crippen molar-refractivity contribution in [1.29, 1.82) is 0 Å². The van der Waals surface area contributed by atoms with Gasteiger partial charge in [0, 0.05) is 17.0 Å². The van der Waals surface area contributed by atoms with Gasteiger partial charge in [0.2, 0.25) is 11.8 Å². The topological polar surface area (TPSA) is 155 Å². The summed E-state index contributed by atoms with van der Waals surface area (Å²) < 4.78 is 0. The van der Waals surface area contributed by atoms with Crippen molar-refractivity contribution in [2.75, 3.05) is 0 Å². The van der Waals surface area contributed by atoms with Crippen molar-refractivity contribution in [3.05, 3.63) is 27.4 Å². The number of aliphatic carboxylic acids is 1. The van der Waals surface area contributed by atoms with Crippen molar-refractivity contribution in [2.45, 2.75) is 32.7 Å². The van der Waals surface area contributed by atoms with E-state index >= 15 is 0 Å². The zero-order chi connectivity index (χ0) is 16.2. The number of nitrogens with two attached hydrogens (primary N) is 1. The summed E-state index contributed by atoms with van der Waals surface area (Å²) in [6.45, 7) is 3.18. The molecule has 0 saturated heterocycles. The van der Waals surface area contributed by atoms with Gasteiger partial charge < -0.3 is 21.1 Å². The zero-order valence-corrected chi connectivity index (χ0v) is 11.6. The average Bonchev–Trinajstić information content (AvgIpc) is 2.32. The van der Waals surface area contributed by atoms with E-state index in [9.17, 15) is 19.2 Å². The lowest BCUT2D eigenvalue weighted by Crippen LogP contribution is -2.44. The van der Waals surface area contributed by atoms with Gasteiger partial charge in [-0.05, 0) is 13.8 Å². The number of nitrogens with one attached hydrogen (secondary N) is 2. The third kappa shape index (κ3) is 4.71. The molecule has 1 aromatic heterocycles. The fraction of sp³-hybridized carbons (Fsp3) is 0.417. The highest BCUT2D eigenvalue weighted by Gasteiger charge is 2.22. The fourth-order valence-corrected chi connectivity index (χ4v) is 1.82. The Kier molecular flexibility index (Phi) is 5.17. The van der Waals surface area contributed by atoms with Crippen molar-refractivity contribution in [3.63, 3.8) is 0 Å². The number of aryl methyl sites for hydroxylation is 2. The summed E-state index contributed by atoms with van der Waals surface area (Å²) >= 11 is 0. The maximum atomic E-state index is 11.9. The summed E-state index contributed by atoms with van der Waals surface area (Å²) in [6, 6.07) is -1.38. The zero-order valence-electron chi connectivity index (χ0n) is 11.6. The van der Waals surface area contributed by atoms with E-state index in [-0.39, 0.29) is 6.42 Å². The Morgan fingerprint density at radius 2 is 2.00 bits per heavy atom. The number of H-pyrrole nitrogens is 1. The van der Waals surface area contributed by atoms with E-state index in [4.69, 9.17) is 10.8 Å². The van der Waals surface area contributed by atoms with E-state index in [2.05, 4.69) is 15.3 Å². The Balaban J connectivity index is 2.84. The maximum absolute atomic E-state index is 11.9. The summed E-state index contributed by atoms with van der Waals surface area (Å²) in [5.41, 5.74) is 5.75. The van der Waals surface area contributed by atoms with Gasteiger partial charge in [-0.2, -0.15) is 4.98 Å². The molecule has 1 aromatic rings. The van der Waals surface area contributed by atoms with Crippen LogP contribution in [0.5, 0.6) is 0 Å². The van der Waals surface area contributed by atoms with Crippen molar-refractivity contribution < 1.29 is 19.5 Å². The van der Waals surface area contributed by atoms with Crippen LogP contribution in [0.3, 0.4) is 0 Å². The number of aromatic nitrogens is 2. The fourth-order valence-electron chi connectivity index (χ4n) is 1.82. The molecule has 0 aromatic carbocycles. The predicted molar refractivity (Wildman–Crippen MR) is 71.4 cm³/mol. The van der Waals surface area contributed by atoms with Crippen LogP contribution in [0.2, 0.25) is 0 Å². The Labute approximate surface area is 119 Å². The van der Waals surface area contributed by atoms with Crippen LogP contribution in [0.15, 0.2) is 4.79 Å². The van der Waals surface area contributed by atoms with Gasteiger partial charge in [0.15, 0.2) is 0 Å². The Morgan fingerprint density at radius 1 is 1.38 bits per heavy atom. The molecule has 0 bridgehead atoms. The number of carboxylic acids is 1. The number of carbonyl (C=O) groups is 3. The van der Waals surface area contributed by atoms with Crippen LogP contribution in [0.1, 0.15) is 23.4 Å². The Morgan fingerprint density at radius 3 is 2.48 bits per heavy atom. The van der Waals surface area contributed by atoms with E-state index < -0.39 is 35.9 Å². The van der Waals surface area contributed by atoms with Crippen LogP contribution < -0.4 is 16.7 Å². The monoisotopic (exact) mass is 296 g/mol. The van der Waals surface area contributed by atoms with Gasteiger partial charge in [0.05, 0.1) is 12.8 Å². The van der Waals surface area contributed by atoms with Crippen molar-refractivity contribution in [2.24, 2.45) is 5.73 Å². The number of amides is 2. The molecule has 2 amide bonds. The molecular weight excluding hydrogens is 280 g/mol. The minimum atomic E-state index is -1.38. The molecule has 0 radical (unpaired) electrons.